The standard InChI is InChI=1S/C7H9O3/c1-4-2-5-3-6(7(4)8)10-9-5/h2-3,5-8H,1H3/t5-,6-,7+/m0/s1. The molecule has 1 N–H and O–H groups in total. The molecule has 0 amide bonds. The summed E-state index contributed by atoms with van der Waals surface area (Å²) in [4.78, 5) is 9.63. The van der Waals surface area contributed by atoms with Gasteiger partial charge in [-0.1, -0.05) is 6.08 Å². The van der Waals surface area contributed by atoms with Crippen LogP contribution >= 0.6 is 0 Å². The maximum atomic E-state index is 9.36. The Balaban J connectivity index is 2.25. The van der Waals surface area contributed by atoms with Crippen molar-refractivity contribution in [3.63, 3.8) is 0 Å². The van der Waals surface area contributed by atoms with Gasteiger partial charge < -0.3 is 5.11 Å². The quantitative estimate of drug-likeness (QED) is 0.387. The second-order valence-electron chi connectivity index (χ2n) is 2.67. The van der Waals surface area contributed by atoms with Gasteiger partial charge in [-0.05, 0) is 12.5 Å². The van der Waals surface area contributed by atoms with Crippen molar-refractivity contribution in [2.75, 3.05) is 0 Å². The highest BCUT2D eigenvalue weighted by atomic mass is 17.2. The Morgan fingerprint density at radius 3 is 3.10 bits per heavy atom. The van der Waals surface area contributed by atoms with E-state index in [1.165, 1.54) is 0 Å². The van der Waals surface area contributed by atoms with Crippen LogP contribution in [0.2, 0.25) is 0 Å². The van der Waals surface area contributed by atoms with Gasteiger partial charge in [0.1, 0.15) is 18.3 Å². The van der Waals surface area contributed by atoms with Gasteiger partial charge in [0, 0.05) is 6.42 Å². The molecule has 2 bridgehead atoms. The second kappa shape index (κ2) is 2.05. The Morgan fingerprint density at radius 2 is 2.30 bits per heavy atom. The first-order valence-electron chi connectivity index (χ1n) is 3.31. The Hall–Kier alpha value is -0.380. The normalized spacial score (nSPS) is 45.4. The van der Waals surface area contributed by atoms with Crippen molar-refractivity contribution in [1.29, 1.82) is 0 Å². The monoisotopic (exact) mass is 141 g/mol. The lowest BCUT2D eigenvalue weighted by molar-refractivity contribution is -0.294. The predicted octanol–water partition coefficient (Wildman–Crippen LogP) is 0.210. The van der Waals surface area contributed by atoms with Gasteiger partial charge in [0.15, 0.2) is 0 Å². The molecule has 0 aromatic rings. The molecular weight excluding hydrogens is 132 g/mol. The highest BCUT2D eigenvalue weighted by molar-refractivity contribution is 5.22. The summed E-state index contributed by atoms with van der Waals surface area (Å²) in [6.45, 7) is 1.87. The van der Waals surface area contributed by atoms with Crippen molar-refractivity contribution in [2.45, 2.75) is 25.2 Å². The molecule has 3 heteroatoms. The van der Waals surface area contributed by atoms with Crippen LogP contribution in [0.4, 0.5) is 0 Å². The van der Waals surface area contributed by atoms with Crippen LogP contribution in [-0.4, -0.2) is 23.4 Å². The molecule has 0 unspecified atom stereocenters. The molecule has 0 spiro atoms. The molecule has 3 atom stereocenters. The second-order valence-corrected chi connectivity index (χ2v) is 2.67. The van der Waals surface area contributed by atoms with Crippen molar-refractivity contribution in [1.82, 2.24) is 0 Å². The summed E-state index contributed by atoms with van der Waals surface area (Å²) >= 11 is 0. The molecule has 1 aliphatic heterocycles. The van der Waals surface area contributed by atoms with E-state index in [9.17, 15) is 5.11 Å². The van der Waals surface area contributed by atoms with E-state index in [2.05, 4.69) is 0 Å². The molecule has 1 radical (unpaired) electrons. The molecule has 10 heavy (non-hydrogen) atoms. The minimum Gasteiger partial charge on any atom is -0.386 e. The van der Waals surface area contributed by atoms with Crippen molar-refractivity contribution in [3.05, 3.63) is 18.1 Å². The molecule has 3 nitrogen and oxygen atoms in total. The van der Waals surface area contributed by atoms with Gasteiger partial charge in [-0.3, -0.25) is 0 Å². The van der Waals surface area contributed by atoms with Crippen LogP contribution in [0.15, 0.2) is 11.6 Å². The first kappa shape index (κ1) is 6.34. The highest BCUT2D eigenvalue weighted by Crippen LogP contribution is 2.28. The lowest BCUT2D eigenvalue weighted by Crippen LogP contribution is -2.30. The predicted molar refractivity (Wildman–Crippen MR) is 33.8 cm³/mol. The minimum absolute atomic E-state index is 0.0478. The summed E-state index contributed by atoms with van der Waals surface area (Å²) < 4.78 is 0. The number of hydrogen-bond donors (Lipinski definition) is 1. The van der Waals surface area contributed by atoms with Gasteiger partial charge in [-0.25, -0.2) is 9.78 Å². The van der Waals surface area contributed by atoms with Gasteiger partial charge in [-0.2, -0.15) is 0 Å². The van der Waals surface area contributed by atoms with Crippen LogP contribution in [0.1, 0.15) is 6.92 Å². The van der Waals surface area contributed by atoms with E-state index in [-0.39, 0.29) is 12.2 Å². The largest absolute Gasteiger partial charge is 0.386 e. The smallest absolute Gasteiger partial charge is 0.129 e. The fourth-order valence-electron chi connectivity index (χ4n) is 1.24. The molecule has 0 saturated carbocycles. The lowest BCUT2D eigenvalue weighted by atomic mass is 9.94. The van der Waals surface area contributed by atoms with E-state index >= 15 is 0 Å². The van der Waals surface area contributed by atoms with Crippen molar-refractivity contribution >= 4 is 0 Å². The number of rotatable bonds is 0. The van der Waals surface area contributed by atoms with E-state index in [1.807, 2.05) is 19.4 Å². The third kappa shape index (κ3) is 0.785. The Labute approximate surface area is 59.2 Å². The first-order valence-corrected chi connectivity index (χ1v) is 3.31. The maximum absolute atomic E-state index is 9.36. The fourth-order valence-corrected chi connectivity index (χ4v) is 1.24. The molecule has 0 aromatic carbocycles. The molecule has 1 heterocycles. The molecule has 2 aliphatic rings. The SMILES string of the molecule is CC1=C[C@H]2[CH][C@H](OO2)[C@@H]1O. The van der Waals surface area contributed by atoms with Gasteiger partial charge in [-0.15, -0.1) is 0 Å². The average Bonchev–Trinajstić information content (AvgIpc) is 2.29. The zero-order valence-electron chi connectivity index (χ0n) is 5.65. The number of aliphatic hydroxyl groups is 1. The minimum atomic E-state index is -0.515. The third-order valence-electron chi connectivity index (χ3n) is 1.86. The van der Waals surface area contributed by atoms with Crippen molar-refractivity contribution in [2.24, 2.45) is 0 Å². The molecular formula is C7H9O3. The molecule has 1 aliphatic carbocycles. The number of fused-ring (bicyclic) bond motifs is 2. The highest BCUT2D eigenvalue weighted by Gasteiger charge is 2.37. The van der Waals surface area contributed by atoms with Gasteiger partial charge in [0.05, 0.1) is 0 Å². The summed E-state index contributed by atoms with van der Waals surface area (Å²) in [5, 5.41) is 9.36. The molecule has 55 valence electrons. The maximum Gasteiger partial charge on any atom is 0.129 e. The summed E-state index contributed by atoms with van der Waals surface area (Å²) in [6.07, 6.45) is 2.88. The third-order valence-corrected chi connectivity index (χ3v) is 1.86. The zero-order chi connectivity index (χ0) is 7.14. The Kier molecular flexibility index (Phi) is 1.30. The van der Waals surface area contributed by atoms with Crippen LogP contribution in [-0.2, 0) is 9.78 Å². The van der Waals surface area contributed by atoms with Crippen LogP contribution in [0, 0.1) is 6.42 Å². The van der Waals surface area contributed by atoms with E-state index in [1.54, 1.807) is 0 Å². The van der Waals surface area contributed by atoms with Crippen LogP contribution in [0.5, 0.6) is 0 Å². The first-order chi connectivity index (χ1) is 4.77. The van der Waals surface area contributed by atoms with Crippen molar-refractivity contribution in [3.8, 4) is 0 Å². The Bertz CT molecular complexity index is 176. The van der Waals surface area contributed by atoms with Crippen LogP contribution in [0.3, 0.4) is 0 Å². The fraction of sp³-hybridized carbons (Fsp3) is 0.571. The summed E-state index contributed by atoms with van der Waals surface area (Å²) in [5.74, 6) is 0. The van der Waals surface area contributed by atoms with Crippen molar-refractivity contribution < 1.29 is 14.9 Å². The summed E-state index contributed by atoms with van der Waals surface area (Å²) in [7, 11) is 0. The van der Waals surface area contributed by atoms with Gasteiger partial charge in [0.25, 0.3) is 0 Å². The Morgan fingerprint density at radius 1 is 1.50 bits per heavy atom. The van der Waals surface area contributed by atoms with Gasteiger partial charge in [0.2, 0.25) is 0 Å². The molecule has 1 saturated heterocycles. The molecule has 2 rings (SSSR count). The number of aliphatic hydroxyl groups excluding tert-OH is 1. The lowest BCUT2D eigenvalue weighted by Gasteiger charge is -2.18. The number of hydrogen-bond acceptors (Lipinski definition) is 3. The van der Waals surface area contributed by atoms with Crippen LogP contribution in [0.25, 0.3) is 0 Å². The molecule has 0 aromatic heterocycles. The van der Waals surface area contributed by atoms with E-state index in [0.717, 1.165) is 5.57 Å². The molecule has 1 fully saturated rings. The average molecular weight is 141 g/mol. The summed E-state index contributed by atoms with van der Waals surface area (Å²) in [6, 6.07) is 0. The van der Waals surface area contributed by atoms with E-state index < -0.39 is 6.10 Å². The van der Waals surface area contributed by atoms with E-state index in [4.69, 9.17) is 9.78 Å². The summed E-state index contributed by atoms with van der Waals surface area (Å²) in [5.41, 5.74) is 0.926. The zero-order valence-corrected chi connectivity index (χ0v) is 5.65. The topological polar surface area (TPSA) is 38.7 Å². The van der Waals surface area contributed by atoms with Gasteiger partial charge >= 0.3 is 0 Å². The van der Waals surface area contributed by atoms with Crippen LogP contribution < -0.4 is 0 Å². The van der Waals surface area contributed by atoms with E-state index in [0.29, 0.717) is 0 Å².